The highest BCUT2D eigenvalue weighted by atomic mass is 16.5. The Morgan fingerprint density at radius 2 is 2.08 bits per heavy atom. The molecule has 0 aromatic heterocycles. The molecule has 2 fully saturated rings. The molecule has 2 unspecified atom stereocenters. The number of carbonyl (C=O) groups excluding carboxylic acids is 1. The highest BCUT2D eigenvalue weighted by molar-refractivity contribution is 5.75. The van der Waals surface area contributed by atoms with Crippen LogP contribution in [-0.2, 0) is 16.0 Å². The molecule has 6 heteroatoms. The van der Waals surface area contributed by atoms with Gasteiger partial charge in [0.15, 0.2) is 0 Å². The fourth-order valence-corrected chi connectivity index (χ4v) is 3.77. The summed E-state index contributed by atoms with van der Waals surface area (Å²) in [7, 11) is 0. The van der Waals surface area contributed by atoms with Crippen LogP contribution in [0.4, 0.5) is 4.79 Å². The van der Waals surface area contributed by atoms with Gasteiger partial charge in [0, 0.05) is 37.6 Å². The number of aliphatic carboxylic acids is 1. The van der Waals surface area contributed by atoms with E-state index in [9.17, 15) is 9.59 Å². The van der Waals surface area contributed by atoms with E-state index in [0.29, 0.717) is 12.8 Å². The highest BCUT2D eigenvalue weighted by Crippen LogP contribution is 2.38. The number of hydrogen-bond acceptors (Lipinski definition) is 3. The Kier molecular flexibility index (Phi) is 5.58. The Hall–Kier alpha value is -2.08. The van der Waals surface area contributed by atoms with E-state index in [1.165, 1.54) is 0 Å². The van der Waals surface area contributed by atoms with E-state index >= 15 is 0 Å². The molecule has 2 N–H and O–H groups in total. The zero-order valence-electron chi connectivity index (χ0n) is 14.4. The van der Waals surface area contributed by atoms with Gasteiger partial charge in [-0.3, -0.25) is 4.79 Å². The Bertz CT molecular complexity index is 599. The van der Waals surface area contributed by atoms with Crippen molar-refractivity contribution in [1.29, 1.82) is 0 Å². The fraction of sp³-hybridized carbons (Fsp3) is 0.579. The summed E-state index contributed by atoms with van der Waals surface area (Å²) in [5.74, 6) is -0.837. The van der Waals surface area contributed by atoms with Crippen LogP contribution in [0, 0.1) is 5.41 Å². The van der Waals surface area contributed by atoms with Gasteiger partial charge in [0.25, 0.3) is 0 Å². The molecule has 2 saturated heterocycles. The van der Waals surface area contributed by atoms with Gasteiger partial charge in [-0.25, -0.2) is 4.79 Å². The van der Waals surface area contributed by atoms with Crippen molar-refractivity contribution < 1.29 is 19.4 Å². The molecule has 1 spiro atoms. The SMILES string of the molecule is O=C(O)CCC(Cc1ccccc1)NC(=O)N1CCC2(CCOC2)C1. The molecule has 0 saturated carbocycles. The van der Waals surface area contributed by atoms with Gasteiger partial charge in [0.2, 0.25) is 0 Å². The van der Waals surface area contributed by atoms with Gasteiger partial charge in [0.1, 0.15) is 0 Å². The highest BCUT2D eigenvalue weighted by Gasteiger charge is 2.42. The maximum absolute atomic E-state index is 12.7. The van der Waals surface area contributed by atoms with Crippen molar-refractivity contribution in [3.8, 4) is 0 Å². The number of carbonyl (C=O) groups is 2. The molecule has 0 aliphatic carbocycles. The Labute approximate surface area is 148 Å². The monoisotopic (exact) mass is 346 g/mol. The number of urea groups is 1. The lowest BCUT2D eigenvalue weighted by Gasteiger charge is -2.25. The van der Waals surface area contributed by atoms with Crippen molar-refractivity contribution >= 4 is 12.0 Å². The summed E-state index contributed by atoms with van der Waals surface area (Å²) in [6.07, 6.45) is 3.12. The fourth-order valence-electron chi connectivity index (χ4n) is 3.77. The van der Waals surface area contributed by atoms with E-state index in [-0.39, 0.29) is 23.9 Å². The molecule has 2 amide bonds. The molecule has 0 radical (unpaired) electrons. The van der Waals surface area contributed by atoms with E-state index in [1.54, 1.807) is 0 Å². The molecular weight excluding hydrogens is 320 g/mol. The Balaban J connectivity index is 1.58. The average Bonchev–Trinajstić information content (AvgIpc) is 3.24. The summed E-state index contributed by atoms with van der Waals surface area (Å²) in [4.78, 5) is 25.4. The first-order valence-electron chi connectivity index (χ1n) is 8.95. The van der Waals surface area contributed by atoms with E-state index in [0.717, 1.165) is 44.7 Å². The maximum atomic E-state index is 12.7. The van der Waals surface area contributed by atoms with Crippen LogP contribution in [0.5, 0.6) is 0 Å². The van der Waals surface area contributed by atoms with Crippen LogP contribution in [0.25, 0.3) is 0 Å². The molecular formula is C19H26N2O4. The Morgan fingerprint density at radius 3 is 2.76 bits per heavy atom. The van der Waals surface area contributed by atoms with Crippen LogP contribution in [0.15, 0.2) is 30.3 Å². The minimum Gasteiger partial charge on any atom is -0.481 e. The first-order valence-corrected chi connectivity index (χ1v) is 8.95. The van der Waals surface area contributed by atoms with Gasteiger partial charge in [0.05, 0.1) is 6.61 Å². The first-order chi connectivity index (χ1) is 12.1. The number of ether oxygens (including phenoxy) is 1. The number of rotatable bonds is 6. The van der Waals surface area contributed by atoms with Gasteiger partial charge in [-0.05, 0) is 31.2 Å². The standard InChI is InChI=1S/C19H26N2O4/c22-17(23)7-6-16(12-15-4-2-1-3-5-15)20-18(24)21-10-8-19(13-21)9-11-25-14-19/h1-5,16H,6-14H2,(H,20,24)(H,22,23). The molecule has 6 nitrogen and oxygen atoms in total. The molecule has 0 bridgehead atoms. The predicted octanol–water partition coefficient (Wildman–Crippen LogP) is 2.28. The van der Waals surface area contributed by atoms with E-state index in [1.807, 2.05) is 35.2 Å². The number of amides is 2. The summed E-state index contributed by atoms with van der Waals surface area (Å²) in [6, 6.07) is 9.59. The molecule has 3 rings (SSSR count). The molecule has 2 atom stereocenters. The lowest BCUT2D eigenvalue weighted by molar-refractivity contribution is -0.137. The number of nitrogens with zero attached hydrogens (tertiary/aromatic N) is 1. The minimum atomic E-state index is -0.837. The van der Waals surface area contributed by atoms with Crippen molar-refractivity contribution in [2.24, 2.45) is 5.41 Å². The summed E-state index contributed by atoms with van der Waals surface area (Å²) in [5, 5.41) is 12.0. The van der Waals surface area contributed by atoms with Crippen LogP contribution in [0.1, 0.15) is 31.2 Å². The summed E-state index contributed by atoms with van der Waals surface area (Å²) in [6.45, 7) is 3.00. The number of nitrogens with one attached hydrogen (secondary N) is 1. The third-order valence-corrected chi connectivity index (χ3v) is 5.27. The molecule has 136 valence electrons. The van der Waals surface area contributed by atoms with Crippen molar-refractivity contribution in [2.45, 2.75) is 38.1 Å². The largest absolute Gasteiger partial charge is 0.481 e. The summed E-state index contributed by atoms with van der Waals surface area (Å²) in [5.41, 5.74) is 1.23. The Morgan fingerprint density at radius 1 is 1.28 bits per heavy atom. The molecule has 25 heavy (non-hydrogen) atoms. The number of likely N-dealkylation sites (tertiary alicyclic amines) is 1. The summed E-state index contributed by atoms with van der Waals surface area (Å²) >= 11 is 0. The second-order valence-corrected chi connectivity index (χ2v) is 7.24. The predicted molar refractivity (Wildman–Crippen MR) is 93.4 cm³/mol. The van der Waals surface area contributed by atoms with Crippen LogP contribution in [0.2, 0.25) is 0 Å². The zero-order valence-corrected chi connectivity index (χ0v) is 14.4. The lowest BCUT2D eigenvalue weighted by Crippen LogP contribution is -2.45. The number of benzene rings is 1. The van der Waals surface area contributed by atoms with Gasteiger partial charge >= 0.3 is 12.0 Å². The van der Waals surface area contributed by atoms with Crippen LogP contribution < -0.4 is 5.32 Å². The second-order valence-electron chi connectivity index (χ2n) is 7.24. The van der Waals surface area contributed by atoms with Gasteiger partial charge in [-0.2, -0.15) is 0 Å². The molecule has 2 aliphatic heterocycles. The van der Waals surface area contributed by atoms with Crippen molar-refractivity contribution in [3.05, 3.63) is 35.9 Å². The lowest BCUT2D eigenvalue weighted by atomic mass is 9.87. The molecule has 1 aromatic rings. The summed E-state index contributed by atoms with van der Waals surface area (Å²) < 4.78 is 5.51. The third kappa shape index (κ3) is 4.72. The van der Waals surface area contributed by atoms with E-state index in [4.69, 9.17) is 9.84 Å². The van der Waals surface area contributed by atoms with E-state index < -0.39 is 5.97 Å². The van der Waals surface area contributed by atoms with Gasteiger partial charge in [-0.15, -0.1) is 0 Å². The number of carboxylic acids is 1. The topological polar surface area (TPSA) is 78.9 Å². The van der Waals surface area contributed by atoms with Gasteiger partial charge < -0.3 is 20.1 Å². The van der Waals surface area contributed by atoms with Gasteiger partial charge in [-0.1, -0.05) is 30.3 Å². The average molecular weight is 346 g/mol. The molecule has 2 aliphatic rings. The van der Waals surface area contributed by atoms with Crippen LogP contribution >= 0.6 is 0 Å². The number of hydrogen-bond donors (Lipinski definition) is 2. The molecule has 1 aromatic carbocycles. The second kappa shape index (κ2) is 7.87. The normalized spacial score (nSPS) is 23.8. The number of carboxylic acid groups (broad SMARTS) is 1. The molecule has 2 heterocycles. The third-order valence-electron chi connectivity index (χ3n) is 5.27. The van der Waals surface area contributed by atoms with Crippen molar-refractivity contribution in [3.63, 3.8) is 0 Å². The smallest absolute Gasteiger partial charge is 0.317 e. The van der Waals surface area contributed by atoms with Crippen molar-refractivity contribution in [2.75, 3.05) is 26.3 Å². The maximum Gasteiger partial charge on any atom is 0.317 e. The quantitative estimate of drug-likeness (QED) is 0.828. The van der Waals surface area contributed by atoms with Crippen LogP contribution in [-0.4, -0.2) is 54.4 Å². The van der Waals surface area contributed by atoms with E-state index in [2.05, 4.69) is 5.32 Å². The first kappa shape index (κ1) is 17.7. The zero-order chi connectivity index (χ0) is 17.7. The minimum absolute atomic E-state index is 0.0511. The van der Waals surface area contributed by atoms with Crippen molar-refractivity contribution in [1.82, 2.24) is 10.2 Å². The van der Waals surface area contributed by atoms with Crippen LogP contribution in [0.3, 0.4) is 0 Å².